The number of aryl methyl sites for hydroxylation is 1. The number of carbonyl (C=O) groups excluding carboxylic acids is 1. The van der Waals surface area contributed by atoms with Crippen LogP contribution >= 0.6 is 23.2 Å². The van der Waals surface area contributed by atoms with Gasteiger partial charge in [0.2, 0.25) is 0 Å². The minimum absolute atomic E-state index is 0. The molecule has 0 spiro atoms. The van der Waals surface area contributed by atoms with Crippen LogP contribution in [0.2, 0.25) is 10.0 Å². The maximum atomic E-state index is 13.5. The van der Waals surface area contributed by atoms with E-state index in [1.54, 1.807) is 56.3 Å². The van der Waals surface area contributed by atoms with Crippen molar-refractivity contribution in [3.63, 3.8) is 0 Å². The Bertz CT molecular complexity index is 1710. The number of anilines is 1. The average molecular weight is 596 g/mol. The molecular weight excluding hydrogens is 576 g/mol. The van der Waals surface area contributed by atoms with Crippen LogP contribution in [0, 0.1) is 6.92 Å². The summed E-state index contributed by atoms with van der Waals surface area (Å²) >= 11 is 12.5. The molecule has 0 aliphatic carbocycles. The Morgan fingerprint density at radius 1 is 1.03 bits per heavy atom. The minimum Gasteiger partial charge on any atom is -0.870 e. The van der Waals surface area contributed by atoms with E-state index in [0.29, 0.717) is 28.7 Å². The van der Waals surface area contributed by atoms with Crippen molar-refractivity contribution in [3.05, 3.63) is 81.8 Å². The fourth-order valence-corrected chi connectivity index (χ4v) is 5.07. The van der Waals surface area contributed by atoms with Gasteiger partial charge >= 0.3 is 29.6 Å². The molecule has 13 heteroatoms. The average Bonchev–Trinajstić information content (AvgIpc) is 2.85. The van der Waals surface area contributed by atoms with Gasteiger partial charge in [0.05, 0.1) is 22.3 Å². The fraction of sp³-hybridized carbons (Fsp3) is 0.115. The zero-order valence-corrected chi connectivity index (χ0v) is 25.4. The quantitative estimate of drug-likeness (QED) is 0.189. The summed E-state index contributed by atoms with van der Waals surface area (Å²) in [5.74, 6) is -1.21. The van der Waals surface area contributed by atoms with E-state index in [0.717, 1.165) is 0 Å². The molecule has 0 fully saturated rings. The number of halogens is 2. The Morgan fingerprint density at radius 3 is 2.41 bits per heavy atom. The number of nitrogens with zero attached hydrogens (tertiary/aromatic N) is 2. The maximum absolute atomic E-state index is 13.5. The molecule has 196 valence electrons. The van der Waals surface area contributed by atoms with E-state index in [1.807, 2.05) is 0 Å². The van der Waals surface area contributed by atoms with E-state index in [9.17, 15) is 22.9 Å². The van der Waals surface area contributed by atoms with Gasteiger partial charge in [-0.3, -0.25) is 9.35 Å². The van der Waals surface area contributed by atoms with Crippen LogP contribution in [-0.2, 0) is 10.1 Å². The second kappa shape index (κ2) is 12.6. The molecule has 4 rings (SSSR count). The summed E-state index contributed by atoms with van der Waals surface area (Å²) in [4.78, 5) is 12.7. The van der Waals surface area contributed by atoms with Crippen molar-refractivity contribution in [2.24, 2.45) is 10.2 Å². The van der Waals surface area contributed by atoms with Crippen LogP contribution in [0.3, 0.4) is 0 Å². The van der Waals surface area contributed by atoms with Gasteiger partial charge in [-0.05, 0) is 55.1 Å². The summed E-state index contributed by atoms with van der Waals surface area (Å²) in [6.45, 7) is 3.68. The van der Waals surface area contributed by atoms with E-state index in [4.69, 9.17) is 27.9 Å². The number of benzene rings is 4. The fourth-order valence-electron chi connectivity index (χ4n) is 3.76. The molecule has 0 saturated carbocycles. The van der Waals surface area contributed by atoms with Gasteiger partial charge in [-0.1, -0.05) is 59.3 Å². The van der Waals surface area contributed by atoms with E-state index in [-0.39, 0.29) is 62.2 Å². The third-order valence-corrected chi connectivity index (χ3v) is 6.90. The first kappa shape index (κ1) is 30.8. The Labute approximate surface area is 256 Å². The smallest absolute Gasteiger partial charge is 0.870 e. The summed E-state index contributed by atoms with van der Waals surface area (Å²) < 4.78 is 39.0. The summed E-state index contributed by atoms with van der Waals surface area (Å²) in [5, 5.41) is 25.0. The number of hydrogen-bond donors (Lipinski definition) is 2. The molecule has 0 aliphatic rings. The number of rotatable bonds is 7. The van der Waals surface area contributed by atoms with E-state index in [2.05, 4.69) is 15.5 Å². The Balaban J connectivity index is 0.00000420. The standard InChI is InChI=1S/C26H21Cl2N3O6S.Na/c1-3-37-20-10-6-9-18(27)23(20)29-26(33)17-13-15-7-4-5-8-16(15)22(25(17)32)30-31-24-19(28)11-14(2)12-21(24)38(34,35)36;/h4-13,32H,3H2,1-2H3,(H,29,33)(H,34,35,36);/q;+1/p-1. The van der Waals surface area contributed by atoms with Crippen LogP contribution in [0.25, 0.3) is 10.8 Å². The van der Waals surface area contributed by atoms with Crippen molar-refractivity contribution in [1.82, 2.24) is 0 Å². The third kappa shape index (κ3) is 6.72. The van der Waals surface area contributed by atoms with Crippen molar-refractivity contribution in [3.8, 4) is 11.5 Å². The molecule has 0 atom stereocenters. The molecule has 0 saturated heterocycles. The number of ether oxygens (including phenoxy) is 1. The molecule has 0 radical (unpaired) electrons. The molecule has 0 unspecified atom stereocenters. The molecule has 9 nitrogen and oxygen atoms in total. The Hall–Kier alpha value is -2.70. The van der Waals surface area contributed by atoms with E-state index in [1.165, 1.54) is 18.2 Å². The molecule has 39 heavy (non-hydrogen) atoms. The van der Waals surface area contributed by atoms with Crippen molar-refractivity contribution < 1.29 is 57.2 Å². The largest absolute Gasteiger partial charge is 1.00 e. The normalized spacial score (nSPS) is 11.4. The monoisotopic (exact) mass is 595 g/mol. The zero-order valence-electron chi connectivity index (χ0n) is 21.0. The number of para-hydroxylation sites is 1. The predicted molar refractivity (Wildman–Crippen MR) is 144 cm³/mol. The van der Waals surface area contributed by atoms with Crippen molar-refractivity contribution >= 4 is 67.1 Å². The van der Waals surface area contributed by atoms with Gasteiger partial charge in [0, 0.05) is 10.9 Å². The molecule has 0 heterocycles. The number of amides is 1. The number of fused-ring (bicyclic) bond motifs is 1. The van der Waals surface area contributed by atoms with Gasteiger partial charge in [0.1, 0.15) is 22.0 Å². The third-order valence-electron chi connectivity index (χ3n) is 5.43. The number of carbonyl (C=O) groups is 1. The van der Waals surface area contributed by atoms with Crippen molar-refractivity contribution in [2.45, 2.75) is 18.7 Å². The van der Waals surface area contributed by atoms with Crippen molar-refractivity contribution in [1.29, 1.82) is 0 Å². The van der Waals surface area contributed by atoms with Crippen LogP contribution < -0.4 is 44.7 Å². The molecule has 0 aliphatic heterocycles. The van der Waals surface area contributed by atoms with Crippen LogP contribution in [0.4, 0.5) is 17.1 Å². The molecule has 4 aromatic rings. The molecule has 2 N–H and O–H groups in total. The predicted octanol–water partition coefficient (Wildman–Crippen LogP) is 3.85. The second-order valence-corrected chi connectivity index (χ2v) is 10.3. The van der Waals surface area contributed by atoms with E-state index < -0.39 is 26.7 Å². The van der Waals surface area contributed by atoms with Gasteiger partial charge in [-0.15, -0.1) is 5.11 Å². The zero-order chi connectivity index (χ0) is 27.6. The minimum atomic E-state index is -4.71. The number of hydrogen-bond acceptors (Lipinski definition) is 7. The second-order valence-electron chi connectivity index (χ2n) is 8.09. The maximum Gasteiger partial charge on any atom is 1.00 e. The summed E-state index contributed by atoms with van der Waals surface area (Å²) in [7, 11) is -4.71. The summed E-state index contributed by atoms with van der Waals surface area (Å²) in [6.07, 6.45) is 0. The van der Waals surface area contributed by atoms with Gasteiger partial charge < -0.3 is 15.2 Å². The van der Waals surface area contributed by atoms with Gasteiger partial charge in [0.15, 0.2) is 0 Å². The molecule has 0 aromatic heterocycles. The topological polar surface area (TPSA) is 140 Å². The number of azo groups is 1. The molecular formula is C26H20Cl2N3NaO6S. The van der Waals surface area contributed by atoms with Gasteiger partial charge in [-0.25, -0.2) is 0 Å². The van der Waals surface area contributed by atoms with E-state index >= 15 is 0 Å². The Kier molecular flexibility index (Phi) is 10.0. The molecule has 4 aromatic carbocycles. The first-order valence-corrected chi connectivity index (χ1v) is 13.4. The SMILES string of the molecule is CCOc1cccc(Cl)c1NC(=O)c1cc2ccccc2c(N=Nc2c(Cl)cc(C)cc2S(=O)(=O)O)c1[O-].[Na+]. The van der Waals surface area contributed by atoms with Crippen LogP contribution in [-0.4, -0.2) is 25.5 Å². The summed E-state index contributed by atoms with van der Waals surface area (Å²) in [6, 6.07) is 15.5. The Morgan fingerprint density at radius 2 is 1.72 bits per heavy atom. The van der Waals surface area contributed by atoms with Crippen LogP contribution in [0.15, 0.2) is 75.8 Å². The molecule has 1 amide bonds. The number of nitrogens with one attached hydrogen (secondary N) is 1. The first-order valence-electron chi connectivity index (χ1n) is 11.2. The van der Waals surface area contributed by atoms with Crippen LogP contribution in [0.1, 0.15) is 22.8 Å². The molecule has 0 bridgehead atoms. The summed E-state index contributed by atoms with van der Waals surface area (Å²) in [5.41, 5.74) is -0.182. The van der Waals surface area contributed by atoms with Crippen molar-refractivity contribution in [2.75, 3.05) is 11.9 Å². The van der Waals surface area contributed by atoms with Gasteiger partial charge in [0.25, 0.3) is 16.0 Å². The first-order chi connectivity index (χ1) is 18.0. The van der Waals surface area contributed by atoms with Gasteiger partial charge in [-0.2, -0.15) is 13.5 Å². The van der Waals surface area contributed by atoms with Crippen LogP contribution in [0.5, 0.6) is 11.5 Å².